The molecule has 1 aromatic heterocycles. The minimum absolute atomic E-state index is 0.0113. The molecule has 5 heteroatoms. The van der Waals surface area contributed by atoms with E-state index in [1.165, 1.54) is 146 Å². The van der Waals surface area contributed by atoms with Crippen molar-refractivity contribution in [2.24, 2.45) is 0 Å². The van der Waals surface area contributed by atoms with Gasteiger partial charge in [-0.3, -0.25) is 0 Å². The number of anilines is 8. The Kier molecular flexibility index (Phi) is 9.50. The average molecular weight is 982 g/mol. The zero-order chi connectivity index (χ0) is 51.2. The van der Waals surface area contributed by atoms with E-state index in [4.69, 9.17) is 0 Å². The summed E-state index contributed by atoms with van der Waals surface area (Å²) in [4.78, 5) is 8.25. The predicted molar refractivity (Wildman–Crippen MR) is 321 cm³/mol. The van der Waals surface area contributed by atoms with Gasteiger partial charge in [-0.2, -0.15) is 0 Å². The van der Waals surface area contributed by atoms with Crippen LogP contribution in [0.25, 0.3) is 31.3 Å². The summed E-state index contributed by atoms with van der Waals surface area (Å²) < 4.78 is 2.65. The molecule has 2 aliphatic carbocycles. The highest BCUT2D eigenvalue weighted by atomic mass is 32.1. The van der Waals surface area contributed by atoms with Gasteiger partial charge in [0.15, 0.2) is 0 Å². The van der Waals surface area contributed by atoms with Crippen molar-refractivity contribution in [3.05, 3.63) is 185 Å². The summed E-state index contributed by atoms with van der Waals surface area (Å²) in [5.74, 6) is 0. The van der Waals surface area contributed by atoms with Crippen molar-refractivity contribution in [1.29, 1.82) is 0 Å². The molecular formula is C69H68BN3S. The summed E-state index contributed by atoms with van der Waals surface area (Å²) in [5, 5.41) is 2.64. The van der Waals surface area contributed by atoms with Crippen LogP contribution in [-0.4, -0.2) is 12.3 Å². The fraction of sp³-hybridized carbons (Fsp3) is 0.304. The van der Waals surface area contributed by atoms with Crippen LogP contribution in [0.2, 0.25) is 0 Å². The van der Waals surface area contributed by atoms with Crippen molar-refractivity contribution >= 4 is 100 Å². The molecule has 0 spiro atoms. The Balaban J connectivity index is 1.14. The quantitative estimate of drug-likeness (QED) is 0.163. The number of aryl methyl sites for hydroxylation is 2. The van der Waals surface area contributed by atoms with Crippen LogP contribution in [0, 0.1) is 13.8 Å². The molecule has 0 N–H and O–H groups in total. The molecule has 74 heavy (non-hydrogen) atoms. The van der Waals surface area contributed by atoms with Crippen molar-refractivity contribution in [3.8, 4) is 11.1 Å². The van der Waals surface area contributed by atoms with Gasteiger partial charge in [-0.1, -0.05) is 166 Å². The molecule has 14 rings (SSSR count). The predicted octanol–water partition coefficient (Wildman–Crippen LogP) is 17.4. The topological polar surface area (TPSA) is 9.72 Å². The van der Waals surface area contributed by atoms with Crippen LogP contribution in [0.1, 0.15) is 134 Å². The van der Waals surface area contributed by atoms with Gasteiger partial charge in [-0.25, -0.2) is 0 Å². The molecule has 4 heterocycles. The SMILES string of the molecule is Cc1cc(C)c2c(c1)N(c1cc3c4c(c1)N(c1cccc5c1sc1ccccc15)c1ccc(C(C)(C)C)cc1B4c1cc(C(C)(C)C)ccc1N3c1ccc3c(c1)C(C)(C)c1ccccc1-3)C1(C)CCCCC21C. The lowest BCUT2D eigenvalue weighted by atomic mass is 9.33. The fourth-order valence-corrected chi connectivity index (χ4v) is 16.3. The molecule has 8 aromatic carbocycles. The van der Waals surface area contributed by atoms with Crippen LogP contribution >= 0.6 is 11.3 Å². The summed E-state index contributed by atoms with van der Waals surface area (Å²) in [7, 11) is 0. The molecule has 0 amide bonds. The van der Waals surface area contributed by atoms with Crippen LogP contribution in [0.5, 0.6) is 0 Å². The average Bonchev–Trinajstić information content (AvgIpc) is 3.95. The largest absolute Gasteiger partial charge is 0.334 e. The molecular weight excluding hydrogens is 914 g/mol. The number of fused-ring (bicyclic) bond motifs is 13. The van der Waals surface area contributed by atoms with E-state index in [0.717, 1.165) is 6.42 Å². The first-order valence-electron chi connectivity index (χ1n) is 27.4. The van der Waals surface area contributed by atoms with Crippen molar-refractivity contribution in [3.63, 3.8) is 0 Å². The highest BCUT2D eigenvalue weighted by molar-refractivity contribution is 7.26. The second kappa shape index (κ2) is 15.3. The summed E-state index contributed by atoms with van der Waals surface area (Å²) in [6.45, 7) is 29.0. The van der Waals surface area contributed by atoms with Gasteiger partial charge in [0.1, 0.15) is 0 Å². The van der Waals surface area contributed by atoms with E-state index in [2.05, 4.69) is 243 Å². The van der Waals surface area contributed by atoms with Crippen LogP contribution in [0.3, 0.4) is 0 Å². The lowest BCUT2D eigenvalue weighted by molar-refractivity contribution is 0.194. The highest BCUT2D eigenvalue weighted by Crippen LogP contribution is 2.63. The standard InChI is InChI=1S/C69H68BN3S/c1-41-34-42(2)62-58(35-41)73(69(12)33-18-17-32-68(62,69)11)46-39-59-63-60(40-46)72(57-24-19-22-50-49-21-14-16-25-61(49)74-64(50)57)56-31-27-44(66(6,7)8)37-54(56)70(63)53-36-43(65(3,4)5)26-30-55(53)71(59)45-28-29-48-47-20-13-15-23-51(47)67(9,10)52(48)38-45/h13-16,19-31,34-40H,17-18,32-33H2,1-12H3. The maximum absolute atomic E-state index is 2.85. The molecule has 1 fully saturated rings. The van der Waals surface area contributed by atoms with Crippen LogP contribution in [-0.2, 0) is 21.7 Å². The molecule has 0 saturated heterocycles. The first-order chi connectivity index (χ1) is 35.3. The van der Waals surface area contributed by atoms with Crippen LogP contribution < -0.4 is 31.1 Å². The van der Waals surface area contributed by atoms with Gasteiger partial charge in [0.2, 0.25) is 0 Å². The van der Waals surface area contributed by atoms with E-state index in [1.54, 1.807) is 5.56 Å². The lowest BCUT2D eigenvalue weighted by Crippen LogP contribution is -2.62. The second-order valence-corrected chi connectivity index (χ2v) is 26.9. The van der Waals surface area contributed by atoms with Crippen molar-refractivity contribution < 1.29 is 0 Å². The van der Waals surface area contributed by atoms with Crippen LogP contribution in [0.15, 0.2) is 146 Å². The Morgan fingerprint density at radius 2 is 1.15 bits per heavy atom. The number of hydrogen-bond donors (Lipinski definition) is 0. The molecule has 9 aromatic rings. The van der Waals surface area contributed by atoms with E-state index in [9.17, 15) is 0 Å². The maximum atomic E-state index is 2.85. The van der Waals surface area contributed by atoms with Gasteiger partial charge in [0, 0.05) is 66.1 Å². The Bertz CT molecular complexity index is 3900. The van der Waals surface area contributed by atoms with Crippen molar-refractivity contribution in [2.45, 2.75) is 136 Å². The number of rotatable bonds is 3. The first-order valence-corrected chi connectivity index (χ1v) is 28.2. The normalized spacial score (nSPS) is 20.1. The van der Waals surface area contributed by atoms with Gasteiger partial charge < -0.3 is 14.7 Å². The van der Waals surface area contributed by atoms with Gasteiger partial charge in [0.25, 0.3) is 6.71 Å². The molecule has 1 saturated carbocycles. The van der Waals surface area contributed by atoms with Crippen molar-refractivity contribution in [1.82, 2.24) is 0 Å². The Morgan fingerprint density at radius 1 is 0.514 bits per heavy atom. The van der Waals surface area contributed by atoms with Gasteiger partial charge in [-0.05, 0) is 165 Å². The number of benzene rings is 8. The van der Waals surface area contributed by atoms with Crippen LogP contribution in [0.4, 0.5) is 45.5 Å². The smallest absolute Gasteiger partial charge is 0.252 e. The molecule has 2 atom stereocenters. The number of thiophene rings is 1. The van der Waals surface area contributed by atoms with E-state index >= 15 is 0 Å². The third-order valence-electron chi connectivity index (χ3n) is 19.0. The molecule has 3 nitrogen and oxygen atoms in total. The minimum atomic E-state index is -0.155. The molecule has 3 aliphatic heterocycles. The molecule has 368 valence electrons. The Morgan fingerprint density at radius 3 is 1.88 bits per heavy atom. The summed E-state index contributed by atoms with van der Waals surface area (Å²) in [6, 6.07) is 57.8. The van der Waals surface area contributed by atoms with E-state index in [-0.39, 0.29) is 33.9 Å². The lowest BCUT2D eigenvalue weighted by Gasteiger charge is -2.51. The van der Waals surface area contributed by atoms with Crippen molar-refractivity contribution in [2.75, 3.05) is 14.7 Å². The molecule has 5 aliphatic rings. The third kappa shape index (κ3) is 6.14. The number of nitrogens with zero attached hydrogens (tertiary/aromatic N) is 3. The highest BCUT2D eigenvalue weighted by Gasteiger charge is 2.59. The monoisotopic (exact) mass is 982 g/mol. The van der Waals surface area contributed by atoms with Gasteiger partial charge >= 0.3 is 0 Å². The maximum Gasteiger partial charge on any atom is 0.252 e. The molecule has 0 bridgehead atoms. The fourth-order valence-electron chi connectivity index (χ4n) is 15.1. The second-order valence-electron chi connectivity index (χ2n) is 25.8. The van der Waals surface area contributed by atoms with E-state index in [1.807, 2.05) is 11.3 Å². The molecule has 0 radical (unpaired) electrons. The Labute approximate surface area is 444 Å². The minimum Gasteiger partial charge on any atom is -0.334 e. The third-order valence-corrected chi connectivity index (χ3v) is 20.2. The Hall–Kier alpha value is -6.56. The van der Waals surface area contributed by atoms with E-state index in [0.29, 0.717) is 0 Å². The molecule has 2 unspecified atom stereocenters. The zero-order valence-electron chi connectivity index (χ0n) is 45.5. The summed E-state index contributed by atoms with van der Waals surface area (Å²) in [6.07, 6.45) is 4.80. The zero-order valence-corrected chi connectivity index (χ0v) is 46.3. The van der Waals surface area contributed by atoms with Gasteiger partial charge in [-0.15, -0.1) is 11.3 Å². The number of hydrogen-bond acceptors (Lipinski definition) is 4. The van der Waals surface area contributed by atoms with Gasteiger partial charge in [0.05, 0.1) is 15.9 Å². The summed E-state index contributed by atoms with van der Waals surface area (Å²) >= 11 is 1.93. The first kappa shape index (κ1) is 46.0. The summed E-state index contributed by atoms with van der Waals surface area (Å²) in [5.41, 5.74) is 26.4. The van der Waals surface area contributed by atoms with E-state index < -0.39 is 0 Å².